The van der Waals surface area contributed by atoms with Gasteiger partial charge < -0.3 is 15.5 Å². The molecule has 2 rings (SSSR count). The van der Waals surface area contributed by atoms with Gasteiger partial charge in [-0.2, -0.15) is 0 Å². The number of carbonyl (C=O) groups excluding carboxylic acids is 2. The van der Waals surface area contributed by atoms with Crippen LogP contribution in [0.3, 0.4) is 0 Å². The first-order chi connectivity index (χ1) is 9.99. The van der Waals surface area contributed by atoms with Crippen molar-refractivity contribution in [2.24, 2.45) is 11.8 Å². The third kappa shape index (κ3) is 4.41. The molecule has 2 unspecified atom stereocenters. The molecule has 120 valence electrons. The molecular weight excluding hydrogens is 268 g/mol. The van der Waals surface area contributed by atoms with Gasteiger partial charge in [-0.25, -0.2) is 0 Å². The Bertz CT molecular complexity index is 374. The molecule has 0 spiro atoms. The number of nitrogens with one attached hydrogen (secondary N) is 2. The van der Waals surface area contributed by atoms with Crippen LogP contribution < -0.4 is 10.6 Å². The highest BCUT2D eigenvalue weighted by atomic mass is 16.2. The molecule has 2 atom stereocenters. The van der Waals surface area contributed by atoms with Gasteiger partial charge in [0.1, 0.15) is 0 Å². The molecule has 6 nitrogen and oxygen atoms in total. The SMILES string of the molecule is CCN(CC(=O)NC(C)C)C(=O)CN1CC2CNCC2C1. The van der Waals surface area contributed by atoms with Crippen LogP contribution in [0.2, 0.25) is 0 Å². The second-order valence-corrected chi connectivity index (χ2v) is 6.50. The van der Waals surface area contributed by atoms with Crippen LogP contribution in [-0.4, -0.2) is 73.5 Å². The fraction of sp³-hybridized carbons (Fsp3) is 0.867. The van der Waals surface area contributed by atoms with Crippen LogP contribution in [-0.2, 0) is 9.59 Å². The number of carbonyl (C=O) groups is 2. The van der Waals surface area contributed by atoms with Crippen molar-refractivity contribution in [2.75, 3.05) is 45.8 Å². The summed E-state index contributed by atoms with van der Waals surface area (Å²) in [4.78, 5) is 28.0. The lowest BCUT2D eigenvalue weighted by molar-refractivity contribution is -0.136. The van der Waals surface area contributed by atoms with E-state index in [2.05, 4.69) is 15.5 Å². The van der Waals surface area contributed by atoms with Crippen molar-refractivity contribution in [3.05, 3.63) is 0 Å². The molecule has 6 heteroatoms. The predicted molar refractivity (Wildman–Crippen MR) is 81.8 cm³/mol. The molecule has 0 aliphatic carbocycles. The molecule has 2 fully saturated rings. The van der Waals surface area contributed by atoms with Crippen molar-refractivity contribution in [3.8, 4) is 0 Å². The summed E-state index contributed by atoms with van der Waals surface area (Å²) in [5.41, 5.74) is 0. The molecular formula is C15H28N4O2. The van der Waals surface area contributed by atoms with E-state index in [1.54, 1.807) is 4.90 Å². The van der Waals surface area contributed by atoms with E-state index in [9.17, 15) is 9.59 Å². The second-order valence-electron chi connectivity index (χ2n) is 6.50. The highest BCUT2D eigenvalue weighted by Gasteiger charge is 2.36. The van der Waals surface area contributed by atoms with Gasteiger partial charge in [0, 0.05) is 25.7 Å². The van der Waals surface area contributed by atoms with Crippen LogP contribution >= 0.6 is 0 Å². The van der Waals surface area contributed by atoms with E-state index in [0.29, 0.717) is 24.9 Å². The molecule has 2 aliphatic heterocycles. The number of likely N-dealkylation sites (tertiary alicyclic amines) is 1. The van der Waals surface area contributed by atoms with Crippen LogP contribution in [0.15, 0.2) is 0 Å². The van der Waals surface area contributed by atoms with Crippen LogP contribution in [0.25, 0.3) is 0 Å². The Labute approximate surface area is 127 Å². The average Bonchev–Trinajstić information content (AvgIpc) is 2.95. The molecule has 2 aliphatic rings. The van der Waals surface area contributed by atoms with E-state index in [4.69, 9.17) is 0 Å². The van der Waals surface area contributed by atoms with Crippen LogP contribution in [0.1, 0.15) is 20.8 Å². The van der Waals surface area contributed by atoms with Crippen molar-refractivity contribution in [1.29, 1.82) is 0 Å². The van der Waals surface area contributed by atoms with Gasteiger partial charge in [0.25, 0.3) is 0 Å². The molecule has 2 N–H and O–H groups in total. The number of likely N-dealkylation sites (N-methyl/N-ethyl adjacent to an activating group) is 1. The monoisotopic (exact) mass is 296 g/mol. The number of nitrogens with zero attached hydrogens (tertiary/aromatic N) is 2. The minimum Gasteiger partial charge on any atom is -0.352 e. The van der Waals surface area contributed by atoms with E-state index in [-0.39, 0.29) is 24.4 Å². The van der Waals surface area contributed by atoms with Crippen molar-refractivity contribution in [3.63, 3.8) is 0 Å². The van der Waals surface area contributed by atoms with E-state index in [1.807, 2.05) is 20.8 Å². The summed E-state index contributed by atoms with van der Waals surface area (Å²) in [6.45, 7) is 11.1. The molecule has 0 radical (unpaired) electrons. The lowest BCUT2D eigenvalue weighted by Gasteiger charge is -2.24. The molecule has 0 aromatic carbocycles. The molecule has 2 amide bonds. The minimum absolute atomic E-state index is 0.0596. The van der Waals surface area contributed by atoms with E-state index < -0.39 is 0 Å². The fourth-order valence-corrected chi connectivity index (χ4v) is 3.29. The lowest BCUT2D eigenvalue weighted by atomic mass is 10.0. The van der Waals surface area contributed by atoms with Gasteiger partial charge in [-0.05, 0) is 45.7 Å². The van der Waals surface area contributed by atoms with Crippen molar-refractivity contribution in [2.45, 2.75) is 26.8 Å². The van der Waals surface area contributed by atoms with Gasteiger partial charge in [0.15, 0.2) is 0 Å². The molecule has 0 saturated carbocycles. The summed E-state index contributed by atoms with van der Waals surface area (Å²) < 4.78 is 0. The largest absolute Gasteiger partial charge is 0.352 e. The third-order valence-corrected chi connectivity index (χ3v) is 4.34. The van der Waals surface area contributed by atoms with Crippen LogP contribution in [0.5, 0.6) is 0 Å². The zero-order valence-corrected chi connectivity index (χ0v) is 13.4. The molecule has 0 bridgehead atoms. The summed E-state index contributed by atoms with van der Waals surface area (Å²) in [5.74, 6) is 1.36. The Morgan fingerprint density at radius 1 is 1.29 bits per heavy atom. The first-order valence-electron chi connectivity index (χ1n) is 7.99. The summed E-state index contributed by atoms with van der Waals surface area (Å²) in [7, 11) is 0. The standard InChI is InChI=1S/C15H28N4O2/c1-4-19(9-14(20)17-11(2)3)15(21)10-18-7-12-5-16-6-13(12)8-18/h11-13,16H,4-10H2,1-3H3,(H,17,20). The van der Waals surface area contributed by atoms with E-state index >= 15 is 0 Å². The van der Waals surface area contributed by atoms with Crippen LogP contribution in [0, 0.1) is 11.8 Å². The van der Waals surface area contributed by atoms with Crippen molar-refractivity contribution in [1.82, 2.24) is 20.4 Å². The van der Waals surface area contributed by atoms with E-state index in [0.717, 1.165) is 26.2 Å². The maximum atomic E-state index is 12.4. The summed E-state index contributed by atoms with van der Waals surface area (Å²) in [6, 6.07) is 0.108. The Balaban J connectivity index is 1.79. The van der Waals surface area contributed by atoms with Gasteiger partial charge in [-0.1, -0.05) is 0 Å². The first kappa shape index (κ1) is 16.2. The zero-order chi connectivity index (χ0) is 15.4. The summed E-state index contributed by atoms with van der Waals surface area (Å²) in [6.07, 6.45) is 0. The quantitative estimate of drug-likeness (QED) is 0.694. The van der Waals surface area contributed by atoms with Crippen molar-refractivity contribution >= 4 is 11.8 Å². The van der Waals surface area contributed by atoms with Gasteiger partial charge >= 0.3 is 0 Å². The van der Waals surface area contributed by atoms with Crippen LogP contribution in [0.4, 0.5) is 0 Å². The molecule has 2 saturated heterocycles. The molecule has 0 aromatic rings. The average molecular weight is 296 g/mol. The number of rotatable bonds is 6. The molecule has 2 heterocycles. The molecule has 21 heavy (non-hydrogen) atoms. The number of hydrogen-bond donors (Lipinski definition) is 2. The number of hydrogen-bond acceptors (Lipinski definition) is 4. The fourth-order valence-electron chi connectivity index (χ4n) is 3.29. The van der Waals surface area contributed by atoms with Gasteiger partial charge in [0.2, 0.25) is 11.8 Å². The smallest absolute Gasteiger partial charge is 0.239 e. The summed E-state index contributed by atoms with van der Waals surface area (Å²) >= 11 is 0. The maximum Gasteiger partial charge on any atom is 0.239 e. The Morgan fingerprint density at radius 2 is 1.90 bits per heavy atom. The number of amides is 2. The second kappa shape index (κ2) is 7.22. The van der Waals surface area contributed by atoms with Gasteiger partial charge in [-0.15, -0.1) is 0 Å². The Kier molecular flexibility index (Phi) is 5.58. The van der Waals surface area contributed by atoms with Gasteiger partial charge in [0.05, 0.1) is 13.1 Å². The first-order valence-corrected chi connectivity index (χ1v) is 7.99. The topological polar surface area (TPSA) is 64.7 Å². The predicted octanol–water partition coefficient (Wildman–Crippen LogP) is -0.489. The minimum atomic E-state index is -0.0808. The highest BCUT2D eigenvalue weighted by Crippen LogP contribution is 2.25. The lowest BCUT2D eigenvalue weighted by Crippen LogP contribution is -2.46. The Morgan fingerprint density at radius 3 is 2.43 bits per heavy atom. The zero-order valence-electron chi connectivity index (χ0n) is 13.4. The Hall–Kier alpha value is -1.14. The normalized spacial score (nSPS) is 25.1. The maximum absolute atomic E-state index is 12.4. The third-order valence-electron chi connectivity index (χ3n) is 4.34. The molecule has 0 aromatic heterocycles. The number of fused-ring (bicyclic) bond motifs is 1. The van der Waals surface area contributed by atoms with Crippen molar-refractivity contribution < 1.29 is 9.59 Å². The van der Waals surface area contributed by atoms with Gasteiger partial charge in [-0.3, -0.25) is 14.5 Å². The highest BCUT2D eigenvalue weighted by molar-refractivity contribution is 5.85. The van der Waals surface area contributed by atoms with E-state index in [1.165, 1.54) is 0 Å². The summed E-state index contributed by atoms with van der Waals surface area (Å²) in [5, 5.41) is 6.24.